The summed E-state index contributed by atoms with van der Waals surface area (Å²) in [6, 6.07) is 3.07. The molecule has 2 rings (SSSR count). The largest absolute Gasteiger partial charge is 0.351 e. The molecule has 1 amide bonds. The predicted octanol–water partition coefficient (Wildman–Crippen LogP) is 0.997. The van der Waals surface area contributed by atoms with Crippen molar-refractivity contribution in [2.24, 2.45) is 5.14 Å². The number of rotatable bonds is 4. The number of nitrogens with two attached hydrogens (primary N) is 1. The van der Waals surface area contributed by atoms with Crippen LogP contribution in [0.25, 0.3) is 0 Å². The molecule has 0 aromatic carbocycles. The van der Waals surface area contributed by atoms with Crippen molar-refractivity contribution in [3.05, 3.63) is 17.0 Å². The minimum atomic E-state index is -3.66. The molecule has 0 bridgehead atoms. The summed E-state index contributed by atoms with van der Waals surface area (Å²) in [7, 11) is -3.66. The molecule has 1 aliphatic rings. The molecule has 0 spiro atoms. The number of hydrogen-bond acceptors (Lipinski definition) is 4. The van der Waals surface area contributed by atoms with Crippen LogP contribution >= 0.6 is 11.3 Å². The molecule has 0 aliphatic heterocycles. The predicted molar refractivity (Wildman–Crippen MR) is 69.8 cm³/mol. The fraction of sp³-hybridized carbons (Fsp3) is 0.545. The van der Waals surface area contributed by atoms with E-state index in [0.29, 0.717) is 4.88 Å². The lowest BCUT2D eigenvalue weighted by Gasteiger charge is -2.39. The average molecular weight is 288 g/mol. The van der Waals surface area contributed by atoms with E-state index in [9.17, 15) is 13.2 Å². The number of carbonyl (C=O) groups is 1. The number of carbonyl (C=O) groups excluding carboxylic acids is 1. The molecule has 0 unspecified atom stereocenters. The van der Waals surface area contributed by atoms with E-state index in [4.69, 9.17) is 5.14 Å². The van der Waals surface area contributed by atoms with Gasteiger partial charge in [-0.05, 0) is 38.3 Å². The van der Waals surface area contributed by atoms with E-state index < -0.39 is 10.0 Å². The van der Waals surface area contributed by atoms with Gasteiger partial charge in [0.1, 0.15) is 4.21 Å². The lowest BCUT2D eigenvalue weighted by atomic mass is 9.78. The fourth-order valence-electron chi connectivity index (χ4n) is 1.98. The van der Waals surface area contributed by atoms with Crippen LogP contribution in [0.3, 0.4) is 0 Å². The average Bonchev–Trinajstić information content (AvgIpc) is 2.63. The van der Waals surface area contributed by atoms with Crippen molar-refractivity contribution in [3.63, 3.8) is 0 Å². The maximum absolute atomic E-state index is 11.8. The number of hydrogen-bond donors (Lipinski definition) is 2. The third kappa shape index (κ3) is 3.09. The van der Waals surface area contributed by atoms with Crippen LogP contribution in [0.15, 0.2) is 16.3 Å². The maximum Gasteiger partial charge on any atom is 0.247 e. The normalized spacial score (nSPS) is 18.1. The topological polar surface area (TPSA) is 89.3 Å². The molecule has 18 heavy (non-hydrogen) atoms. The summed E-state index contributed by atoms with van der Waals surface area (Å²) in [5.74, 6) is -0.0694. The highest BCUT2D eigenvalue weighted by molar-refractivity contribution is 7.91. The number of primary sulfonamides is 1. The molecule has 1 aliphatic carbocycles. The van der Waals surface area contributed by atoms with Crippen LogP contribution in [0, 0.1) is 0 Å². The van der Waals surface area contributed by atoms with Crippen molar-refractivity contribution in [1.82, 2.24) is 5.32 Å². The summed E-state index contributed by atoms with van der Waals surface area (Å²) in [6.07, 6.45) is 3.36. The number of nitrogens with one attached hydrogen (secondary N) is 1. The summed E-state index contributed by atoms with van der Waals surface area (Å²) in [5, 5.41) is 7.99. The minimum Gasteiger partial charge on any atom is -0.351 e. The summed E-state index contributed by atoms with van der Waals surface area (Å²) in [6.45, 7) is 2.03. The van der Waals surface area contributed by atoms with E-state index in [1.165, 1.54) is 6.07 Å². The molecule has 5 nitrogen and oxygen atoms in total. The Bertz CT molecular complexity index is 559. The van der Waals surface area contributed by atoms with E-state index >= 15 is 0 Å². The van der Waals surface area contributed by atoms with Gasteiger partial charge in [0.05, 0.1) is 6.42 Å². The smallest absolute Gasteiger partial charge is 0.247 e. The second-order valence-electron chi connectivity index (χ2n) is 4.90. The van der Waals surface area contributed by atoms with Gasteiger partial charge in [-0.15, -0.1) is 11.3 Å². The van der Waals surface area contributed by atoms with Gasteiger partial charge in [0.15, 0.2) is 0 Å². The van der Waals surface area contributed by atoms with Gasteiger partial charge in [0.25, 0.3) is 0 Å². The lowest BCUT2D eigenvalue weighted by molar-refractivity contribution is -0.123. The molecule has 0 atom stereocenters. The number of amides is 1. The Hall–Kier alpha value is -0.920. The van der Waals surface area contributed by atoms with Gasteiger partial charge >= 0.3 is 0 Å². The zero-order chi connectivity index (χ0) is 13.4. The van der Waals surface area contributed by atoms with Gasteiger partial charge < -0.3 is 5.32 Å². The summed E-state index contributed by atoms with van der Waals surface area (Å²) < 4.78 is 22.3. The third-order valence-electron chi connectivity index (χ3n) is 3.15. The van der Waals surface area contributed by atoms with Crippen LogP contribution < -0.4 is 10.5 Å². The third-order valence-corrected chi connectivity index (χ3v) is 5.67. The van der Waals surface area contributed by atoms with Crippen LogP contribution in [0.4, 0.5) is 0 Å². The summed E-state index contributed by atoms with van der Waals surface area (Å²) >= 11 is 1.05. The van der Waals surface area contributed by atoms with E-state index in [2.05, 4.69) is 5.32 Å². The molecule has 1 saturated carbocycles. The zero-order valence-electron chi connectivity index (χ0n) is 10.1. The van der Waals surface area contributed by atoms with E-state index in [1.807, 2.05) is 6.92 Å². The SMILES string of the molecule is CC1(NC(=O)Cc2ccc(S(N)(=O)=O)s2)CCC1. The number of thiophene rings is 1. The molecule has 1 aromatic rings. The van der Waals surface area contributed by atoms with Gasteiger partial charge in [-0.25, -0.2) is 13.6 Å². The zero-order valence-corrected chi connectivity index (χ0v) is 11.7. The van der Waals surface area contributed by atoms with Crippen molar-refractivity contribution in [2.45, 2.75) is 42.4 Å². The Morgan fingerprint density at radius 3 is 2.61 bits per heavy atom. The fourth-order valence-corrected chi connectivity index (χ4v) is 3.75. The van der Waals surface area contributed by atoms with Crippen molar-refractivity contribution in [1.29, 1.82) is 0 Å². The Balaban J connectivity index is 1.97. The van der Waals surface area contributed by atoms with E-state index in [1.54, 1.807) is 6.07 Å². The molecule has 1 heterocycles. The molecule has 100 valence electrons. The quantitative estimate of drug-likeness (QED) is 0.866. The molecule has 7 heteroatoms. The van der Waals surface area contributed by atoms with Gasteiger partial charge in [0, 0.05) is 10.4 Å². The summed E-state index contributed by atoms with van der Waals surface area (Å²) in [4.78, 5) is 12.5. The van der Waals surface area contributed by atoms with Crippen molar-refractivity contribution in [2.75, 3.05) is 0 Å². The molecule has 1 aromatic heterocycles. The van der Waals surface area contributed by atoms with Crippen LogP contribution in [-0.2, 0) is 21.2 Å². The molecular weight excluding hydrogens is 272 g/mol. The van der Waals surface area contributed by atoms with Crippen LogP contribution in [0.2, 0.25) is 0 Å². The van der Waals surface area contributed by atoms with Crippen molar-refractivity contribution >= 4 is 27.3 Å². The van der Waals surface area contributed by atoms with Crippen molar-refractivity contribution in [3.8, 4) is 0 Å². The Morgan fingerprint density at radius 2 is 2.17 bits per heavy atom. The van der Waals surface area contributed by atoms with Gasteiger partial charge in [0.2, 0.25) is 15.9 Å². The van der Waals surface area contributed by atoms with Crippen LogP contribution in [0.1, 0.15) is 31.1 Å². The minimum absolute atomic E-state index is 0.0694. The summed E-state index contributed by atoms with van der Waals surface area (Å²) in [5.41, 5.74) is -0.0723. The molecular formula is C11H16N2O3S2. The van der Waals surface area contributed by atoms with Crippen LogP contribution in [-0.4, -0.2) is 19.9 Å². The highest BCUT2D eigenvalue weighted by atomic mass is 32.2. The Morgan fingerprint density at radius 1 is 1.50 bits per heavy atom. The first kappa shape index (κ1) is 13.5. The standard InChI is InChI=1S/C11H16N2O3S2/c1-11(5-2-6-11)13-9(14)7-8-3-4-10(17-8)18(12,15)16/h3-4H,2,5-7H2,1H3,(H,13,14)(H2,12,15,16). The first-order chi connectivity index (χ1) is 8.28. The maximum atomic E-state index is 11.8. The molecule has 0 radical (unpaired) electrons. The van der Waals surface area contributed by atoms with Crippen molar-refractivity contribution < 1.29 is 13.2 Å². The monoisotopic (exact) mass is 288 g/mol. The second-order valence-corrected chi connectivity index (χ2v) is 7.86. The highest BCUT2D eigenvalue weighted by Crippen LogP contribution is 2.31. The molecule has 1 fully saturated rings. The van der Waals surface area contributed by atoms with Gasteiger partial charge in [-0.1, -0.05) is 0 Å². The first-order valence-electron chi connectivity index (χ1n) is 5.71. The van der Waals surface area contributed by atoms with Crippen LogP contribution in [0.5, 0.6) is 0 Å². The van der Waals surface area contributed by atoms with E-state index in [0.717, 1.165) is 30.6 Å². The van der Waals surface area contributed by atoms with E-state index in [-0.39, 0.29) is 22.1 Å². The lowest BCUT2D eigenvalue weighted by Crippen LogP contribution is -2.51. The molecule has 3 N–H and O–H groups in total. The van der Waals surface area contributed by atoms with Gasteiger partial charge in [-0.2, -0.15) is 0 Å². The highest BCUT2D eigenvalue weighted by Gasteiger charge is 2.33. The Labute approximate surface area is 110 Å². The first-order valence-corrected chi connectivity index (χ1v) is 8.07. The van der Waals surface area contributed by atoms with Gasteiger partial charge in [-0.3, -0.25) is 4.79 Å². The molecule has 0 saturated heterocycles. The number of sulfonamides is 1. The Kier molecular flexibility index (Phi) is 3.48. The second kappa shape index (κ2) is 4.64.